The van der Waals surface area contributed by atoms with Crippen LogP contribution in [-0.4, -0.2) is 34.4 Å². The fraction of sp³-hybridized carbons (Fsp3) is 0.750. The van der Waals surface area contributed by atoms with Gasteiger partial charge in [0.15, 0.2) is 0 Å². The summed E-state index contributed by atoms with van der Waals surface area (Å²) < 4.78 is 5.93. The van der Waals surface area contributed by atoms with Gasteiger partial charge in [0.05, 0.1) is 29.1 Å². The van der Waals surface area contributed by atoms with Crippen LogP contribution in [0.1, 0.15) is 50.5 Å². The minimum atomic E-state index is -1.27. The third kappa shape index (κ3) is 4.98. The lowest BCUT2D eigenvalue weighted by atomic mass is 9.78. The molecule has 1 saturated carbocycles. The first-order valence-corrected chi connectivity index (χ1v) is 9.71. The smallest absolute Gasteiger partial charge is 0.308 e. The van der Waals surface area contributed by atoms with Crippen molar-refractivity contribution in [1.29, 1.82) is 0 Å². The number of rotatable bonds is 7. The van der Waals surface area contributed by atoms with Crippen molar-refractivity contribution in [3.63, 3.8) is 0 Å². The predicted molar refractivity (Wildman–Crippen MR) is 92.1 cm³/mol. The van der Waals surface area contributed by atoms with Crippen LogP contribution in [-0.2, 0) is 15.1 Å². The van der Waals surface area contributed by atoms with Gasteiger partial charge in [-0.1, -0.05) is 0 Å². The first-order valence-electron chi connectivity index (χ1n) is 8.10. The molecule has 1 aromatic heterocycles. The fourth-order valence-corrected chi connectivity index (χ4v) is 4.43. The van der Waals surface area contributed by atoms with Gasteiger partial charge in [-0.3, -0.25) is 4.79 Å². The van der Waals surface area contributed by atoms with E-state index in [9.17, 15) is 15.0 Å². The lowest BCUT2D eigenvalue weighted by Gasteiger charge is -2.30. The summed E-state index contributed by atoms with van der Waals surface area (Å²) in [6, 6.07) is 0. The summed E-state index contributed by atoms with van der Waals surface area (Å²) in [5.74, 6) is 0.422. The number of ether oxygens (including phenoxy) is 1. The Labute approximate surface area is 149 Å². The minimum absolute atomic E-state index is 0.0258. The van der Waals surface area contributed by atoms with Crippen LogP contribution in [0.3, 0.4) is 0 Å². The number of esters is 1. The number of nitrogens with zero attached hydrogens (tertiary/aromatic N) is 1. The normalized spacial score (nSPS) is 24.2. The highest BCUT2D eigenvalue weighted by atomic mass is 79.9. The molecule has 23 heavy (non-hydrogen) atoms. The van der Waals surface area contributed by atoms with Gasteiger partial charge in [-0.25, -0.2) is 4.98 Å². The van der Waals surface area contributed by atoms with E-state index in [0.29, 0.717) is 24.0 Å². The van der Waals surface area contributed by atoms with Crippen LogP contribution in [0.4, 0.5) is 0 Å². The number of hydrogen-bond donors (Lipinski definition) is 2. The summed E-state index contributed by atoms with van der Waals surface area (Å²) in [7, 11) is 0. The molecule has 7 heteroatoms. The Kier molecular flexibility index (Phi) is 7.00. The summed E-state index contributed by atoms with van der Waals surface area (Å²) in [5.41, 5.74) is -1.27. The van der Waals surface area contributed by atoms with E-state index in [4.69, 9.17) is 4.74 Å². The van der Waals surface area contributed by atoms with Crippen LogP contribution in [0.2, 0.25) is 0 Å². The molecule has 0 aromatic carbocycles. The Hall–Kier alpha value is -0.500. The zero-order valence-electron chi connectivity index (χ0n) is 13.3. The summed E-state index contributed by atoms with van der Waals surface area (Å²) in [4.78, 5) is 15.9. The van der Waals surface area contributed by atoms with Gasteiger partial charge in [-0.15, -0.1) is 11.3 Å². The Morgan fingerprint density at radius 2 is 2.17 bits per heavy atom. The van der Waals surface area contributed by atoms with Gasteiger partial charge >= 0.3 is 5.97 Å². The molecular weight excluding hydrogens is 382 g/mol. The molecule has 1 fully saturated rings. The predicted octanol–water partition coefficient (Wildman–Crippen LogP) is 3.24. The van der Waals surface area contributed by atoms with Crippen molar-refractivity contribution in [2.24, 2.45) is 11.8 Å². The molecular formula is C16H24BrNO4S. The first-order chi connectivity index (χ1) is 11.0. The first kappa shape index (κ1) is 18.8. The molecule has 1 aliphatic carbocycles. The van der Waals surface area contributed by atoms with Gasteiger partial charge in [0.2, 0.25) is 0 Å². The van der Waals surface area contributed by atoms with E-state index >= 15 is 0 Å². The third-order valence-electron chi connectivity index (χ3n) is 4.57. The Balaban J connectivity index is 1.83. The zero-order valence-corrected chi connectivity index (χ0v) is 15.7. The maximum atomic E-state index is 11.7. The van der Waals surface area contributed by atoms with E-state index in [-0.39, 0.29) is 18.5 Å². The van der Waals surface area contributed by atoms with E-state index in [0.717, 1.165) is 35.9 Å². The molecule has 0 bridgehead atoms. The van der Waals surface area contributed by atoms with Crippen LogP contribution in [0.25, 0.3) is 0 Å². The highest BCUT2D eigenvalue weighted by Crippen LogP contribution is 2.37. The largest absolute Gasteiger partial charge is 0.466 e. The van der Waals surface area contributed by atoms with E-state index in [1.807, 2.05) is 6.92 Å². The number of halogens is 1. The van der Waals surface area contributed by atoms with Crippen LogP contribution in [0, 0.1) is 11.8 Å². The molecule has 130 valence electrons. The maximum Gasteiger partial charge on any atom is 0.308 e. The molecule has 2 N–H and O–H groups in total. The van der Waals surface area contributed by atoms with E-state index in [1.54, 1.807) is 6.20 Å². The standard InChI is InChI=1S/C16H24BrNO4S/c1-2-22-14(20)12-5-3-11(4-6-12)7-8-16(21,10-19)15-18-9-13(17)23-15/h9,11-12,19,21H,2-8,10H2,1H3/t11-,12-,16?. The van der Waals surface area contributed by atoms with Crippen molar-refractivity contribution >= 4 is 33.2 Å². The third-order valence-corrected chi connectivity index (χ3v) is 6.24. The summed E-state index contributed by atoms with van der Waals surface area (Å²) in [5, 5.41) is 20.8. The van der Waals surface area contributed by atoms with E-state index < -0.39 is 5.60 Å². The second-order valence-corrected chi connectivity index (χ2v) is 8.58. The Morgan fingerprint density at radius 3 is 2.70 bits per heavy atom. The molecule has 1 aromatic rings. The number of thiazole rings is 1. The van der Waals surface area contributed by atoms with E-state index in [1.165, 1.54) is 11.3 Å². The molecule has 0 radical (unpaired) electrons. The molecule has 0 amide bonds. The second kappa shape index (κ2) is 8.55. The molecule has 1 unspecified atom stereocenters. The van der Waals surface area contributed by atoms with Crippen molar-refractivity contribution in [1.82, 2.24) is 4.98 Å². The van der Waals surface area contributed by atoms with E-state index in [2.05, 4.69) is 20.9 Å². The van der Waals surface area contributed by atoms with Crippen molar-refractivity contribution in [3.8, 4) is 0 Å². The summed E-state index contributed by atoms with van der Waals surface area (Å²) >= 11 is 4.68. The SMILES string of the molecule is CCOC(=O)[C@H]1CC[C@H](CCC(O)(CO)c2ncc(Br)s2)CC1. The molecule has 1 heterocycles. The molecule has 0 saturated heterocycles. The number of hydrogen-bond acceptors (Lipinski definition) is 6. The second-order valence-electron chi connectivity index (χ2n) is 6.17. The average molecular weight is 406 g/mol. The lowest BCUT2D eigenvalue weighted by Crippen LogP contribution is -2.31. The molecule has 1 aliphatic rings. The van der Waals surface area contributed by atoms with Crippen molar-refractivity contribution < 1.29 is 19.7 Å². The zero-order chi connectivity index (χ0) is 16.9. The number of carbonyl (C=O) groups is 1. The molecule has 0 aliphatic heterocycles. The lowest BCUT2D eigenvalue weighted by molar-refractivity contribution is -0.149. The van der Waals surface area contributed by atoms with Crippen molar-refractivity contribution in [2.75, 3.05) is 13.2 Å². The number of aliphatic hydroxyl groups excluding tert-OH is 1. The van der Waals surface area contributed by atoms with Crippen molar-refractivity contribution in [2.45, 2.75) is 51.0 Å². The van der Waals surface area contributed by atoms with Gasteiger partial charge in [0, 0.05) is 0 Å². The maximum absolute atomic E-state index is 11.7. The monoisotopic (exact) mass is 405 g/mol. The van der Waals surface area contributed by atoms with Gasteiger partial charge in [0.1, 0.15) is 10.6 Å². The Bertz CT molecular complexity index is 516. The van der Waals surface area contributed by atoms with Gasteiger partial charge in [-0.05, 0) is 67.3 Å². The van der Waals surface area contributed by atoms with Crippen LogP contribution >= 0.6 is 27.3 Å². The number of aliphatic hydroxyl groups is 2. The highest BCUT2D eigenvalue weighted by Gasteiger charge is 2.34. The summed E-state index contributed by atoms with van der Waals surface area (Å²) in [6.45, 7) is 1.94. The average Bonchev–Trinajstić information content (AvgIpc) is 3.00. The molecule has 0 spiro atoms. The van der Waals surface area contributed by atoms with Crippen LogP contribution < -0.4 is 0 Å². The molecule has 1 atom stereocenters. The topological polar surface area (TPSA) is 79.7 Å². The van der Waals surface area contributed by atoms with Crippen LogP contribution in [0.15, 0.2) is 9.98 Å². The van der Waals surface area contributed by atoms with Crippen LogP contribution in [0.5, 0.6) is 0 Å². The minimum Gasteiger partial charge on any atom is -0.466 e. The van der Waals surface area contributed by atoms with Gasteiger partial charge < -0.3 is 14.9 Å². The number of carbonyl (C=O) groups excluding carboxylic acids is 1. The quantitative estimate of drug-likeness (QED) is 0.680. The Morgan fingerprint density at radius 1 is 1.48 bits per heavy atom. The van der Waals surface area contributed by atoms with Crippen molar-refractivity contribution in [3.05, 3.63) is 15.0 Å². The highest BCUT2D eigenvalue weighted by molar-refractivity contribution is 9.11. The number of aromatic nitrogens is 1. The summed E-state index contributed by atoms with van der Waals surface area (Å²) in [6.07, 6.45) is 6.58. The molecule has 5 nitrogen and oxygen atoms in total. The fourth-order valence-electron chi connectivity index (χ4n) is 3.11. The van der Waals surface area contributed by atoms with Gasteiger partial charge in [-0.2, -0.15) is 0 Å². The molecule has 2 rings (SSSR count). The van der Waals surface area contributed by atoms with Gasteiger partial charge in [0.25, 0.3) is 0 Å².